The lowest BCUT2D eigenvalue weighted by Crippen LogP contribution is -2.36. The number of pyridine rings is 2. The summed E-state index contributed by atoms with van der Waals surface area (Å²) < 4.78 is 13.4. The van der Waals surface area contributed by atoms with Crippen molar-refractivity contribution in [1.29, 1.82) is 0 Å². The molecule has 1 aromatic carbocycles. The van der Waals surface area contributed by atoms with Crippen LogP contribution in [0.4, 0.5) is 10.1 Å². The summed E-state index contributed by atoms with van der Waals surface area (Å²) in [6.45, 7) is 2.45. The lowest BCUT2D eigenvalue weighted by molar-refractivity contribution is 0.0984. The highest BCUT2D eigenvalue weighted by Crippen LogP contribution is 2.28. The number of aryl methyl sites for hydroxylation is 2. The number of anilines is 1. The van der Waals surface area contributed by atoms with Crippen molar-refractivity contribution in [2.75, 3.05) is 11.4 Å². The Morgan fingerprint density at radius 3 is 3.00 bits per heavy atom. The Balaban J connectivity index is 1.79. The standard InChI is InChI=1S/C19H16FN3O/c1-12-15(10-13-6-7-14(20)11-17(13)22-12)19(24)23-9-3-4-16-18(23)5-2-8-21-16/h2,5-8,10-11H,3-4,9H2,1H3. The Labute approximate surface area is 139 Å². The van der Waals surface area contributed by atoms with Crippen molar-refractivity contribution in [2.24, 2.45) is 0 Å². The molecule has 0 unspecified atom stereocenters. The van der Waals surface area contributed by atoms with Crippen molar-refractivity contribution in [1.82, 2.24) is 9.97 Å². The van der Waals surface area contributed by atoms with Gasteiger partial charge in [-0.2, -0.15) is 0 Å². The molecule has 0 aliphatic carbocycles. The fraction of sp³-hybridized carbons (Fsp3) is 0.211. The number of hydrogen-bond acceptors (Lipinski definition) is 3. The van der Waals surface area contributed by atoms with Gasteiger partial charge in [0.15, 0.2) is 0 Å². The van der Waals surface area contributed by atoms with Gasteiger partial charge in [0.05, 0.1) is 28.2 Å². The second-order valence-corrected chi connectivity index (χ2v) is 5.99. The van der Waals surface area contributed by atoms with Crippen molar-refractivity contribution in [3.8, 4) is 0 Å². The number of aromatic nitrogens is 2. The number of carbonyl (C=O) groups is 1. The quantitative estimate of drug-likeness (QED) is 0.687. The van der Waals surface area contributed by atoms with Crippen LogP contribution in [-0.4, -0.2) is 22.4 Å². The highest BCUT2D eigenvalue weighted by atomic mass is 19.1. The molecule has 0 fully saturated rings. The molecule has 5 heteroatoms. The van der Waals surface area contributed by atoms with Crippen LogP contribution in [0.5, 0.6) is 0 Å². The number of fused-ring (bicyclic) bond motifs is 2. The minimum absolute atomic E-state index is 0.0832. The topological polar surface area (TPSA) is 46.1 Å². The first kappa shape index (κ1) is 14.8. The van der Waals surface area contributed by atoms with Gasteiger partial charge >= 0.3 is 0 Å². The maximum Gasteiger partial charge on any atom is 0.260 e. The zero-order valence-corrected chi connectivity index (χ0v) is 13.3. The van der Waals surface area contributed by atoms with Crippen molar-refractivity contribution in [3.63, 3.8) is 0 Å². The average Bonchev–Trinajstić information content (AvgIpc) is 2.60. The summed E-state index contributed by atoms with van der Waals surface area (Å²) in [4.78, 5) is 23.6. The van der Waals surface area contributed by atoms with Gasteiger partial charge < -0.3 is 4.90 Å². The van der Waals surface area contributed by atoms with E-state index in [-0.39, 0.29) is 11.7 Å². The van der Waals surface area contributed by atoms with Crippen molar-refractivity contribution >= 4 is 22.5 Å². The highest BCUT2D eigenvalue weighted by molar-refractivity contribution is 6.08. The van der Waals surface area contributed by atoms with Crippen LogP contribution in [0.25, 0.3) is 10.9 Å². The maximum atomic E-state index is 13.4. The Morgan fingerprint density at radius 1 is 1.25 bits per heavy atom. The molecule has 0 saturated heterocycles. The molecule has 24 heavy (non-hydrogen) atoms. The Hall–Kier alpha value is -2.82. The molecular formula is C19H16FN3O. The average molecular weight is 321 g/mol. The molecule has 4 rings (SSSR count). The summed E-state index contributed by atoms with van der Waals surface area (Å²) in [6.07, 6.45) is 3.53. The molecule has 0 bridgehead atoms. The third-order valence-electron chi connectivity index (χ3n) is 4.40. The molecule has 1 aliphatic rings. The normalized spacial score (nSPS) is 13.8. The van der Waals surface area contributed by atoms with Crippen molar-refractivity contribution < 1.29 is 9.18 Å². The first-order valence-electron chi connectivity index (χ1n) is 7.96. The Kier molecular flexibility index (Phi) is 3.49. The molecule has 1 amide bonds. The zero-order chi connectivity index (χ0) is 16.7. The van der Waals surface area contributed by atoms with E-state index in [9.17, 15) is 9.18 Å². The minimum Gasteiger partial charge on any atom is -0.306 e. The summed E-state index contributed by atoms with van der Waals surface area (Å²) in [7, 11) is 0. The number of benzene rings is 1. The summed E-state index contributed by atoms with van der Waals surface area (Å²) in [5, 5.41) is 0.758. The number of halogens is 1. The van der Waals surface area contributed by atoms with E-state index in [4.69, 9.17) is 0 Å². The Bertz CT molecular complexity index is 954. The summed E-state index contributed by atoms with van der Waals surface area (Å²) in [5.41, 5.74) is 3.53. The van der Waals surface area contributed by atoms with E-state index in [1.165, 1.54) is 12.1 Å². The monoisotopic (exact) mass is 321 g/mol. The third-order valence-corrected chi connectivity index (χ3v) is 4.40. The highest BCUT2D eigenvalue weighted by Gasteiger charge is 2.25. The number of amides is 1. The number of nitrogens with zero attached hydrogens (tertiary/aromatic N) is 3. The molecule has 2 aromatic heterocycles. The largest absolute Gasteiger partial charge is 0.306 e. The van der Waals surface area contributed by atoms with Gasteiger partial charge in [-0.3, -0.25) is 14.8 Å². The van der Waals surface area contributed by atoms with Gasteiger partial charge in [-0.25, -0.2) is 4.39 Å². The van der Waals surface area contributed by atoms with E-state index in [1.807, 2.05) is 12.1 Å². The first-order valence-corrected chi connectivity index (χ1v) is 7.96. The third kappa shape index (κ3) is 2.42. The van der Waals surface area contributed by atoms with E-state index < -0.39 is 0 Å². The molecule has 4 nitrogen and oxygen atoms in total. The maximum absolute atomic E-state index is 13.4. The van der Waals surface area contributed by atoms with Crippen molar-refractivity contribution in [3.05, 3.63) is 65.4 Å². The second-order valence-electron chi connectivity index (χ2n) is 5.99. The van der Waals surface area contributed by atoms with E-state index in [0.29, 0.717) is 23.3 Å². The lowest BCUT2D eigenvalue weighted by Gasteiger charge is -2.29. The predicted octanol–water partition coefficient (Wildman–Crippen LogP) is 3.67. The summed E-state index contributed by atoms with van der Waals surface area (Å²) in [5.74, 6) is -0.412. The molecule has 0 N–H and O–H groups in total. The van der Waals surface area contributed by atoms with Gasteiger partial charge in [-0.1, -0.05) is 0 Å². The first-order chi connectivity index (χ1) is 11.6. The molecule has 3 aromatic rings. The van der Waals surface area contributed by atoms with Gasteiger partial charge in [-0.05, 0) is 50.1 Å². The van der Waals surface area contributed by atoms with E-state index >= 15 is 0 Å². The summed E-state index contributed by atoms with van der Waals surface area (Å²) in [6, 6.07) is 9.99. The number of carbonyl (C=O) groups excluding carboxylic acids is 1. The fourth-order valence-corrected chi connectivity index (χ4v) is 3.20. The molecule has 0 atom stereocenters. The molecule has 3 heterocycles. The van der Waals surface area contributed by atoms with E-state index in [0.717, 1.165) is 29.6 Å². The Morgan fingerprint density at radius 2 is 2.12 bits per heavy atom. The molecule has 1 aliphatic heterocycles. The number of hydrogen-bond donors (Lipinski definition) is 0. The molecule has 0 saturated carbocycles. The van der Waals surface area contributed by atoms with Gasteiger partial charge in [0.25, 0.3) is 5.91 Å². The van der Waals surface area contributed by atoms with Gasteiger partial charge in [0.1, 0.15) is 5.82 Å². The van der Waals surface area contributed by atoms with Gasteiger partial charge in [0.2, 0.25) is 0 Å². The van der Waals surface area contributed by atoms with E-state index in [2.05, 4.69) is 9.97 Å². The zero-order valence-electron chi connectivity index (χ0n) is 13.3. The van der Waals surface area contributed by atoms with Crippen LogP contribution in [0, 0.1) is 12.7 Å². The predicted molar refractivity (Wildman–Crippen MR) is 90.7 cm³/mol. The SMILES string of the molecule is Cc1nc2cc(F)ccc2cc1C(=O)N1CCCc2ncccc21. The number of rotatable bonds is 1. The van der Waals surface area contributed by atoms with Crippen LogP contribution in [0.2, 0.25) is 0 Å². The van der Waals surface area contributed by atoms with Crippen LogP contribution < -0.4 is 4.90 Å². The van der Waals surface area contributed by atoms with Crippen LogP contribution in [0.1, 0.15) is 28.2 Å². The van der Waals surface area contributed by atoms with Crippen LogP contribution in [0.15, 0.2) is 42.6 Å². The van der Waals surface area contributed by atoms with Crippen LogP contribution >= 0.6 is 0 Å². The lowest BCUT2D eigenvalue weighted by atomic mass is 10.0. The smallest absolute Gasteiger partial charge is 0.260 e. The molecule has 0 radical (unpaired) electrons. The molecule has 120 valence electrons. The molecule has 0 spiro atoms. The summed E-state index contributed by atoms with van der Waals surface area (Å²) >= 11 is 0. The van der Waals surface area contributed by atoms with Gasteiger partial charge in [0, 0.05) is 24.2 Å². The molecular weight excluding hydrogens is 305 g/mol. The van der Waals surface area contributed by atoms with Crippen LogP contribution in [-0.2, 0) is 6.42 Å². The fourth-order valence-electron chi connectivity index (χ4n) is 3.20. The van der Waals surface area contributed by atoms with Crippen LogP contribution in [0.3, 0.4) is 0 Å². The van der Waals surface area contributed by atoms with Crippen molar-refractivity contribution in [2.45, 2.75) is 19.8 Å². The van der Waals surface area contributed by atoms with Gasteiger partial charge in [-0.15, -0.1) is 0 Å². The second kappa shape index (κ2) is 5.67. The minimum atomic E-state index is -0.329. The van der Waals surface area contributed by atoms with E-state index in [1.54, 1.807) is 30.2 Å².